The van der Waals surface area contributed by atoms with Gasteiger partial charge in [0.25, 0.3) is 0 Å². The van der Waals surface area contributed by atoms with E-state index in [-0.39, 0.29) is 0 Å². The van der Waals surface area contributed by atoms with Gasteiger partial charge in [-0.3, -0.25) is 0 Å². The lowest BCUT2D eigenvalue weighted by atomic mass is 9.91. The summed E-state index contributed by atoms with van der Waals surface area (Å²) < 4.78 is 11.7. The minimum atomic E-state index is -0.951. The Morgan fingerprint density at radius 2 is 1.24 bits per heavy atom. The summed E-state index contributed by atoms with van der Waals surface area (Å²) in [7, 11) is 0. The van der Waals surface area contributed by atoms with Crippen molar-refractivity contribution in [2.45, 2.75) is 25.3 Å². The van der Waals surface area contributed by atoms with Crippen LogP contribution in [0.4, 0.5) is 5.69 Å². The maximum absolute atomic E-state index is 10.9. The Morgan fingerprint density at radius 1 is 0.706 bits per heavy atom. The minimum absolute atomic E-state index is 0.308. The van der Waals surface area contributed by atoms with E-state index in [1.54, 1.807) is 0 Å². The van der Waals surface area contributed by atoms with Gasteiger partial charge in [0, 0.05) is 13.1 Å². The van der Waals surface area contributed by atoms with Crippen LogP contribution in [0.15, 0.2) is 109 Å². The summed E-state index contributed by atoms with van der Waals surface area (Å²) >= 11 is 0. The van der Waals surface area contributed by atoms with E-state index in [1.165, 1.54) is 11.1 Å². The normalized spacial score (nSPS) is 14.3. The summed E-state index contributed by atoms with van der Waals surface area (Å²) in [5.74, 6) is 0.758. The van der Waals surface area contributed by atoms with Crippen LogP contribution in [0.1, 0.15) is 22.3 Å². The molecule has 1 saturated heterocycles. The number of aliphatic hydroxyl groups is 1. The highest BCUT2D eigenvalue weighted by atomic mass is 16.5. The molecule has 1 heterocycles. The molecule has 1 N–H and O–H groups in total. The summed E-state index contributed by atoms with van der Waals surface area (Å²) in [6.45, 7) is 2.55. The lowest BCUT2D eigenvalue weighted by Crippen LogP contribution is -2.46. The van der Waals surface area contributed by atoms with E-state index >= 15 is 0 Å². The van der Waals surface area contributed by atoms with Crippen molar-refractivity contribution in [2.75, 3.05) is 18.1 Å². The van der Waals surface area contributed by atoms with Crippen molar-refractivity contribution >= 4 is 5.69 Å². The maximum atomic E-state index is 10.9. The molecule has 0 aliphatic carbocycles. The molecule has 0 bridgehead atoms. The van der Waals surface area contributed by atoms with E-state index in [9.17, 15) is 5.11 Å². The molecule has 0 aromatic heterocycles. The molecule has 4 nitrogen and oxygen atoms in total. The van der Waals surface area contributed by atoms with Gasteiger partial charge in [0.05, 0.1) is 18.9 Å². The summed E-state index contributed by atoms with van der Waals surface area (Å²) in [5, 5.41) is 10.9. The molecular formula is C30H29NO3. The fourth-order valence-electron chi connectivity index (χ4n) is 4.21. The van der Waals surface area contributed by atoms with Crippen molar-refractivity contribution in [3.8, 4) is 5.75 Å². The van der Waals surface area contributed by atoms with Crippen LogP contribution in [-0.4, -0.2) is 18.3 Å². The van der Waals surface area contributed by atoms with Gasteiger partial charge in [-0.25, -0.2) is 0 Å². The van der Waals surface area contributed by atoms with Gasteiger partial charge in [-0.15, -0.1) is 0 Å². The SMILES string of the molecule is OC1(c2ccc(N(Cc3ccccc3)Cc3ccccc3)c(OCc3ccccc3)c2)COC1. The molecule has 1 aliphatic rings. The van der Waals surface area contributed by atoms with E-state index in [2.05, 4.69) is 71.6 Å². The van der Waals surface area contributed by atoms with Crippen molar-refractivity contribution in [1.29, 1.82) is 0 Å². The summed E-state index contributed by atoms with van der Waals surface area (Å²) in [5.41, 5.74) is 4.42. The van der Waals surface area contributed by atoms with Gasteiger partial charge in [-0.05, 0) is 34.4 Å². The highest BCUT2D eigenvalue weighted by Crippen LogP contribution is 2.38. The molecule has 0 unspecified atom stereocenters. The first-order valence-corrected chi connectivity index (χ1v) is 11.6. The van der Waals surface area contributed by atoms with Crippen LogP contribution in [0.2, 0.25) is 0 Å². The molecule has 4 heteroatoms. The van der Waals surface area contributed by atoms with Gasteiger partial charge < -0.3 is 19.5 Å². The number of benzene rings is 4. The maximum Gasteiger partial charge on any atom is 0.143 e. The summed E-state index contributed by atoms with van der Waals surface area (Å²) in [6, 6.07) is 37.1. The fraction of sp³-hybridized carbons (Fsp3) is 0.200. The predicted molar refractivity (Wildman–Crippen MR) is 135 cm³/mol. The standard InChI is InChI=1S/C30H29NO3/c32-30(22-33-23-30)27-16-17-28(29(18-27)34-21-26-14-8-3-9-15-26)31(19-24-10-4-1-5-11-24)20-25-12-6-2-7-13-25/h1-18,32H,19-23H2. The quantitative estimate of drug-likeness (QED) is 0.355. The Hall–Kier alpha value is -3.60. The largest absolute Gasteiger partial charge is 0.487 e. The zero-order chi connectivity index (χ0) is 23.2. The third-order valence-electron chi connectivity index (χ3n) is 6.19. The van der Waals surface area contributed by atoms with Crippen molar-refractivity contribution in [3.05, 3.63) is 131 Å². The number of ether oxygens (including phenoxy) is 2. The van der Waals surface area contributed by atoms with Gasteiger partial charge in [0.2, 0.25) is 0 Å². The molecular weight excluding hydrogens is 422 g/mol. The molecule has 1 aliphatic heterocycles. The van der Waals surface area contributed by atoms with Crippen LogP contribution in [0.25, 0.3) is 0 Å². The number of hydrogen-bond donors (Lipinski definition) is 1. The average Bonchev–Trinajstić information content (AvgIpc) is 2.87. The van der Waals surface area contributed by atoms with Crippen LogP contribution in [0.3, 0.4) is 0 Å². The molecule has 4 aromatic rings. The highest BCUT2D eigenvalue weighted by Gasteiger charge is 2.38. The third kappa shape index (κ3) is 5.14. The summed E-state index contributed by atoms with van der Waals surface area (Å²) in [4.78, 5) is 2.33. The van der Waals surface area contributed by atoms with Crippen molar-refractivity contribution < 1.29 is 14.6 Å². The van der Waals surface area contributed by atoms with Crippen molar-refractivity contribution in [2.24, 2.45) is 0 Å². The zero-order valence-electron chi connectivity index (χ0n) is 19.1. The molecule has 34 heavy (non-hydrogen) atoms. The molecule has 0 spiro atoms. The first-order chi connectivity index (χ1) is 16.7. The second-order valence-electron chi connectivity index (χ2n) is 8.81. The molecule has 0 saturated carbocycles. The van der Waals surface area contributed by atoms with E-state index in [0.29, 0.717) is 19.8 Å². The van der Waals surface area contributed by atoms with E-state index in [4.69, 9.17) is 9.47 Å². The number of anilines is 1. The molecule has 172 valence electrons. The second kappa shape index (κ2) is 10.1. The smallest absolute Gasteiger partial charge is 0.143 e. The molecule has 0 amide bonds. The van der Waals surface area contributed by atoms with Crippen molar-refractivity contribution in [1.82, 2.24) is 0 Å². The third-order valence-corrected chi connectivity index (χ3v) is 6.19. The van der Waals surface area contributed by atoms with Crippen LogP contribution in [0, 0.1) is 0 Å². The van der Waals surface area contributed by atoms with E-state index < -0.39 is 5.60 Å². The Labute approximate surface area is 201 Å². The highest BCUT2D eigenvalue weighted by molar-refractivity contribution is 5.61. The minimum Gasteiger partial charge on any atom is -0.487 e. The van der Waals surface area contributed by atoms with Crippen LogP contribution in [-0.2, 0) is 30.0 Å². The fourth-order valence-corrected chi connectivity index (χ4v) is 4.21. The Balaban J connectivity index is 1.51. The van der Waals surface area contributed by atoms with Gasteiger partial charge in [-0.1, -0.05) is 97.1 Å². The first kappa shape index (κ1) is 22.2. The van der Waals surface area contributed by atoms with E-state index in [1.807, 2.05) is 42.5 Å². The molecule has 1 fully saturated rings. The first-order valence-electron chi connectivity index (χ1n) is 11.6. The number of hydrogen-bond acceptors (Lipinski definition) is 4. The van der Waals surface area contributed by atoms with Crippen LogP contribution in [0.5, 0.6) is 5.75 Å². The van der Waals surface area contributed by atoms with Crippen LogP contribution < -0.4 is 9.64 Å². The number of nitrogens with zero attached hydrogens (tertiary/aromatic N) is 1. The second-order valence-corrected chi connectivity index (χ2v) is 8.81. The Kier molecular flexibility index (Phi) is 6.61. The Morgan fingerprint density at radius 3 is 1.74 bits per heavy atom. The Bertz CT molecular complexity index is 1150. The topological polar surface area (TPSA) is 41.9 Å². The zero-order valence-corrected chi connectivity index (χ0v) is 19.1. The van der Waals surface area contributed by atoms with Gasteiger partial charge in [0.15, 0.2) is 0 Å². The molecule has 4 aromatic carbocycles. The monoisotopic (exact) mass is 451 g/mol. The van der Waals surface area contributed by atoms with Crippen LogP contribution >= 0.6 is 0 Å². The molecule has 0 atom stereocenters. The predicted octanol–water partition coefficient (Wildman–Crippen LogP) is 5.69. The van der Waals surface area contributed by atoms with Crippen molar-refractivity contribution in [3.63, 3.8) is 0 Å². The van der Waals surface area contributed by atoms with Gasteiger partial charge >= 0.3 is 0 Å². The number of rotatable bonds is 9. The lowest BCUT2D eigenvalue weighted by molar-refractivity contribution is -0.184. The van der Waals surface area contributed by atoms with E-state index in [0.717, 1.165) is 35.7 Å². The van der Waals surface area contributed by atoms with Gasteiger partial charge in [0.1, 0.15) is 18.0 Å². The lowest BCUT2D eigenvalue weighted by Gasteiger charge is -2.37. The van der Waals surface area contributed by atoms with Gasteiger partial charge in [-0.2, -0.15) is 0 Å². The molecule has 5 rings (SSSR count). The molecule has 0 radical (unpaired) electrons. The summed E-state index contributed by atoms with van der Waals surface area (Å²) in [6.07, 6.45) is 0. The average molecular weight is 452 g/mol.